The largest absolute Gasteiger partial charge is 0.372 e. The van der Waals surface area contributed by atoms with Gasteiger partial charge in [0.2, 0.25) is 0 Å². The van der Waals surface area contributed by atoms with Gasteiger partial charge in [0.15, 0.2) is 0 Å². The average molecular weight is 431 g/mol. The molecule has 1 amide bonds. The smallest absolute Gasteiger partial charge is 0.271 e. The van der Waals surface area contributed by atoms with Gasteiger partial charge in [0.1, 0.15) is 0 Å². The lowest BCUT2D eigenvalue weighted by molar-refractivity contribution is -0.384. The topological polar surface area (TPSA) is 92.8 Å². The molecular weight excluding hydrogens is 406 g/mol. The predicted molar refractivity (Wildman–Crippen MR) is 125 cm³/mol. The van der Waals surface area contributed by atoms with Gasteiger partial charge in [-0.15, -0.1) is 0 Å². The van der Waals surface area contributed by atoms with Crippen molar-refractivity contribution < 1.29 is 9.72 Å². The van der Waals surface area contributed by atoms with Crippen LogP contribution in [-0.4, -0.2) is 34.7 Å². The van der Waals surface area contributed by atoms with E-state index >= 15 is 0 Å². The summed E-state index contributed by atoms with van der Waals surface area (Å²) in [7, 11) is 0. The number of amides is 1. The summed E-state index contributed by atoms with van der Waals surface area (Å²) < 4.78 is 1.99. The molecule has 32 heavy (non-hydrogen) atoms. The Morgan fingerprint density at radius 1 is 1.03 bits per heavy atom. The van der Waals surface area contributed by atoms with Crippen molar-refractivity contribution >= 4 is 23.5 Å². The summed E-state index contributed by atoms with van der Waals surface area (Å²) in [6.45, 7) is 6.02. The lowest BCUT2D eigenvalue weighted by Gasteiger charge is -2.17. The first kappa shape index (κ1) is 21.3. The van der Waals surface area contributed by atoms with E-state index in [-0.39, 0.29) is 11.6 Å². The van der Waals surface area contributed by atoms with E-state index in [1.165, 1.54) is 25.0 Å². The van der Waals surface area contributed by atoms with E-state index in [0.717, 1.165) is 41.4 Å². The Hall–Kier alpha value is -3.94. The molecule has 0 spiro atoms. The molecule has 2 heterocycles. The highest BCUT2D eigenvalue weighted by Crippen LogP contribution is 2.22. The van der Waals surface area contributed by atoms with Crippen molar-refractivity contribution in [3.05, 3.63) is 87.2 Å². The zero-order valence-electron chi connectivity index (χ0n) is 18.1. The third-order valence-corrected chi connectivity index (χ3v) is 5.76. The second-order valence-corrected chi connectivity index (χ2v) is 7.88. The van der Waals surface area contributed by atoms with E-state index in [0.29, 0.717) is 5.56 Å². The van der Waals surface area contributed by atoms with Crippen LogP contribution in [0.4, 0.5) is 11.4 Å². The number of hydrazone groups is 1. The van der Waals surface area contributed by atoms with Gasteiger partial charge in [-0.05, 0) is 69.2 Å². The van der Waals surface area contributed by atoms with Gasteiger partial charge in [-0.1, -0.05) is 0 Å². The average Bonchev–Trinajstić information content (AvgIpc) is 3.42. The predicted octanol–water partition coefficient (Wildman–Crippen LogP) is 4.37. The lowest BCUT2D eigenvalue weighted by atomic mass is 10.2. The van der Waals surface area contributed by atoms with Gasteiger partial charge in [-0.2, -0.15) is 5.10 Å². The molecule has 1 N–H and O–H groups in total. The summed E-state index contributed by atoms with van der Waals surface area (Å²) in [5.41, 5.74) is 7.89. The number of carbonyl (C=O) groups is 1. The highest BCUT2D eigenvalue weighted by molar-refractivity contribution is 5.95. The van der Waals surface area contributed by atoms with Crippen molar-refractivity contribution in [3.63, 3.8) is 0 Å². The number of nitrogens with zero attached hydrogens (tertiary/aromatic N) is 4. The van der Waals surface area contributed by atoms with Crippen LogP contribution >= 0.6 is 0 Å². The van der Waals surface area contributed by atoms with E-state index in [4.69, 9.17) is 0 Å². The fraction of sp³-hybridized carbons (Fsp3) is 0.250. The SMILES string of the molecule is Cc1cc(/C=N/NC(=O)c2ccc(N3CCCC3)cc2)c(C)n1-c1ccc([N+](=O)[O-])cc1. The van der Waals surface area contributed by atoms with E-state index in [1.54, 1.807) is 18.3 Å². The van der Waals surface area contributed by atoms with Crippen molar-refractivity contribution in [2.75, 3.05) is 18.0 Å². The van der Waals surface area contributed by atoms with Crippen LogP contribution in [0.5, 0.6) is 0 Å². The van der Waals surface area contributed by atoms with Crippen LogP contribution in [0.15, 0.2) is 59.7 Å². The van der Waals surface area contributed by atoms with Crippen LogP contribution in [0.3, 0.4) is 0 Å². The molecule has 4 rings (SSSR count). The number of hydrogen-bond donors (Lipinski definition) is 1. The minimum Gasteiger partial charge on any atom is -0.372 e. The summed E-state index contributed by atoms with van der Waals surface area (Å²) in [5, 5.41) is 15.0. The molecular formula is C24H25N5O3. The summed E-state index contributed by atoms with van der Waals surface area (Å²) in [5.74, 6) is -0.265. The normalized spacial score (nSPS) is 13.6. The van der Waals surface area contributed by atoms with Gasteiger partial charge in [0, 0.05) is 59.1 Å². The maximum absolute atomic E-state index is 12.4. The molecule has 0 atom stereocenters. The molecule has 0 bridgehead atoms. The van der Waals surface area contributed by atoms with Gasteiger partial charge in [-0.25, -0.2) is 5.43 Å². The molecule has 2 aromatic carbocycles. The summed E-state index contributed by atoms with van der Waals surface area (Å²) >= 11 is 0. The molecule has 0 saturated carbocycles. The Bertz CT molecular complexity index is 1160. The minimum atomic E-state index is -0.417. The molecule has 1 aromatic heterocycles. The van der Waals surface area contributed by atoms with Crippen molar-refractivity contribution in [2.45, 2.75) is 26.7 Å². The number of aryl methyl sites for hydroxylation is 1. The van der Waals surface area contributed by atoms with Gasteiger partial charge in [0.25, 0.3) is 11.6 Å². The first-order chi connectivity index (χ1) is 15.4. The first-order valence-corrected chi connectivity index (χ1v) is 10.6. The second kappa shape index (κ2) is 9.05. The lowest BCUT2D eigenvalue weighted by Crippen LogP contribution is -2.19. The Morgan fingerprint density at radius 3 is 2.28 bits per heavy atom. The van der Waals surface area contributed by atoms with Crippen LogP contribution in [0.2, 0.25) is 0 Å². The number of non-ortho nitro benzene ring substituents is 1. The van der Waals surface area contributed by atoms with E-state index in [9.17, 15) is 14.9 Å². The molecule has 1 saturated heterocycles. The number of anilines is 1. The molecule has 8 nitrogen and oxygen atoms in total. The Kier molecular flexibility index (Phi) is 6.02. The molecule has 1 aliphatic heterocycles. The highest BCUT2D eigenvalue weighted by atomic mass is 16.6. The van der Waals surface area contributed by atoms with Gasteiger partial charge < -0.3 is 9.47 Å². The molecule has 8 heteroatoms. The number of nitro groups is 1. The third-order valence-electron chi connectivity index (χ3n) is 5.76. The minimum absolute atomic E-state index is 0.0502. The molecule has 164 valence electrons. The van der Waals surface area contributed by atoms with Crippen LogP contribution < -0.4 is 10.3 Å². The van der Waals surface area contributed by atoms with Crippen molar-refractivity contribution in [1.82, 2.24) is 9.99 Å². The first-order valence-electron chi connectivity index (χ1n) is 10.6. The Labute approximate surface area is 186 Å². The number of rotatable bonds is 6. The monoisotopic (exact) mass is 431 g/mol. The fourth-order valence-electron chi connectivity index (χ4n) is 4.06. The van der Waals surface area contributed by atoms with Crippen LogP contribution in [0.25, 0.3) is 5.69 Å². The Morgan fingerprint density at radius 2 is 1.66 bits per heavy atom. The van der Waals surface area contributed by atoms with Crippen LogP contribution in [0.1, 0.15) is 40.2 Å². The van der Waals surface area contributed by atoms with Gasteiger partial charge in [-0.3, -0.25) is 14.9 Å². The Balaban J connectivity index is 1.44. The van der Waals surface area contributed by atoms with Crippen molar-refractivity contribution in [2.24, 2.45) is 5.10 Å². The van der Waals surface area contributed by atoms with Gasteiger partial charge >= 0.3 is 0 Å². The van der Waals surface area contributed by atoms with E-state index in [2.05, 4.69) is 15.4 Å². The summed E-state index contributed by atoms with van der Waals surface area (Å²) in [6, 6.07) is 15.9. The molecule has 3 aromatic rings. The van der Waals surface area contributed by atoms with Crippen LogP contribution in [0, 0.1) is 24.0 Å². The fourth-order valence-corrected chi connectivity index (χ4v) is 4.06. The van der Waals surface area contributed by atoms with Crippen molar-refractivity contribution in [1.29, 1.82) is 0 Å². The molecule has 0 radical (unpaired) electrons. The maximum Gasteiger partial charge on any atom is 0.271 e. The third kappa shape index (κ3) is 4.39. The molecule has 1 aliphatic rings. The van der Waals surface area contributed by atoms with E-state index < -0.39 is 4.92 Å². The van der Waals surface area contributed by atoms with Crippen molar-refractivity contribution in [3.8, 4) is 5.69 Å². The number of carbonyl (C=O) groups excluding carboxylic acids is 1. The summed E-state index contributed by atoms with van der Waals surface area (Å²) in [4.78, 5) is 25.2. The number of hydrogen-bond acceptors (Lipinski definition) is 5. The summed E-state index contributed by atoms with van der Waals surface area (Å²) in [6.07, 6.45) is 4.03. The zero-order chi connectivity index (χ0) is 22.7. The number of nitro benzene ring substituents is 1. The standard InChI is InChI=1S/C24H25N5O3/c1-17-15-20(18(2)28(17)22-9-11-23(12-10-22)29(31)32)16-25-26-24(30)19-5-7-21(8-6-19)27-13-3-4-14-27/h5-12,15-16H,3-4,13-14H2,1-2H3,(H,26,30)/b25-16+. The number of benzene rings is 2. The van der Waals surface area contributed by atoms with E-state index in [1.807, 2.05) is 48.7 Å². The molecule has 0 unspecified atom stereocenters. The zero-order valence-corrected chi connectivity index (χ0v) is 18.1. The van der Waals surface area contributed by atoms with Gasteiger partial charge in [0.05, 0.1) is 11.1 Å². The quantitative estimate of drug-likeness (QED) is 0.356. The highest BCUT2D eigenvalue weighted by Gasteiger charge is 2.14. The molecule has 1 fully saturated rings. The van der Waals surface area contributed by atoms with Crippen LogP contribution in [-0.2, 0) is 0 Å². The number of aromatic nitrogens is 1. The number of nitrogens with one attached hydrogen (secondary N) is 1. The molecule has 0 aliphatic carbocycles. The maximum atomic E-state index is 12.4. The second-order valence-electron chi connectivity index (χ2n) is 7.88.